The highest BCUT2D eigenvalue weighted by atomic mass is 16.6. The van der Waals surface area contributed by atoms with Crippen LogP contribution in [0.2, 0.25) is 0 Å². The van der Waals surface area contributed by atoms with Gasteiger partial charge in [-0.2, -0.15) is 5.10 Å². The second-order valence-electron chi connectivity index (χ2n) is 6.39. The topological polar surface area (TPSA) is 135 Å². The third kappa shape index (κ3) is 4.76. The van der Waals surface area contributed by atoms with Crippen LogP contribution in [0.3, 0.4) is 0 Å². The minimum Gasteiger partial charge on any atom is -0.478 e. The Morgan fingerprint density at radius 2 is 1.97 bits per heavy atom. The maximum absolute atomic E-state index is 12.0. The summed E-state index contributed by atoms with van der Waals surface area (Å²) in [5.74, 6) is -0.748. The highest BCUT2D eigenvalue weighted by Crippen LogP contribution is 2.26. The van der Waals surface area contributed by atoms with Crippen LogP contribution in [-0.2, 0) is 11.2 Å². The van der Waals surface area contributed by atoms with Gasteiger partial charge in [-0.3, -0.25) is 14.9 Å². The average Bonchev–Trinajstić information content (AvgIpc) is 3.17. The third-order valence-electron chi connectivity index (χ3n) is 4.30. The van der Waals surface area contributed by atoms with Gasteiger partial charge < -0.3 is 9.52 Å². The van der Waals surface area contributed by atoms with Crippen molar-refractivity contribution in [1.29, 1.82) is 0 Å². The number of nitro benzene ring substituents is 1. The standard InChI is InChI=1S/C21H17N3O6/c1-13-6-7-15(21(26)27)10-17(13)19-9-8-16(30-19)12-22-23-20(25)11-14-4-2-3-5-18(14)24(28)29/h2-10,12H,11H2,1H3,(H,23,25)(H,26,27). The molecule has 0 aliphatic carbocycles. The Balaban J connectivity index is 1.67. The molecule has 9 nitrogen and oxygen atoms in total. The van der Waals surface area contributed by atoms with Crippen molar-refractivity contribution in [3.05, 3.63) is 87.2 Å². The van der Waals surface area contributed by atoms with Crippen molar-refractivity contribution < 1.29 is 24.0 Å². The third-order valence-corrected chi connectivity index (χ3v) is 4.30. The van der Waals surface area contributed by atoms with Crippen LogP contribution >= 0.6 is 0 Å². The Morgan fingerprint density at radius 3 is 2.70 bits per heavy atom. The first-order chi connectivity index (χ1) is 14.3. The first-order valence-electron chi connectivity index (χ1n) is 8.83. The Kier molecular flexibility index (Phi) is 6.02. The average molecular weight is 407 g/mol. The van der Waals surface area contributed by atoms with Gasteiger partial charge in [0.1, 0.15) is 11.5 Å². The van der Waals surface area contributed by atoms with Gasteiger partial charge in [-0.25, -0.2) is 10.2 Å². The number of hydrogen-bond acceptors (Lipinski definition) is 6. The molecule has 0 unspecified atom stereocenters. The van der Waals surface area contributed by atoms with E-state index in [-0.39, 0.29) is 23.2 Å². The maximum atomic E-state index is 12.0. The van der Waals surface area contributed by atoms with Crippen molar-refractivity contribution in [1.82, 2.24) is 5.43 Å². The quantitative estimate of drug-likeness (QED) is 0.349. The Labute approximate surface area is 170 Å². The normalized spacial score (nSPS) is 10.8. The summed E-state index contributed by atoms with van der Waals surface area (Å²) < 4.78 is 5.65. The highest BCUT2D eigenvalue weighted by Gasteiger charge is 2.15. The lowest BCUT2D eigenvalue weighted by atomic mass is 10.0. The highest BCUT2D eigenvalue weighted by molar-refractivity contribution is 5.90. The predicted molar refractivity (Wildman–Crippen MR) is 108 cm³/mol. The minimum atomic E-state index is -1.04. The summed E-state index contributed by atoms with van der Waals surface area (Å²) in [6.07, 6.45) is 1.09. The Morgan fingerprint density at radius 1 is 1.20 bits per heavy atom. The van der Waals surface area contributed by atoms with Gasteiger partial charge >= 0.3 is 5.97 Å². The van der Waals surface area contributed by atoms with Crippen molar-refractivity contribution in [2.45, 2.75) is 13.3 Å². The first kappa shape index (κ1) is 20.5. The molecule has 1 amide bonds. The van der Waals surface area contributed by atoms with Gasteiger partial charge in [0.2, 0.25) is 5.91 Å². The van der Waals surface area contributed by atoms with E-state index in [1.165, 1.54) is 36.5 Å². The molecule has 152 valence electrons. The summed E-state index contributed by atoms with van der Waals surface area (Å²) >= 11 is 0. The van der Waals surface area contributed by atoms with E-state index < -0.39 is 16.8 Å². The van der Waals surface area contributed by atoms with Gasteiger partial charge in [0.15, 0.2) is 0 Å². The summed E-state index contributed by atoms with van der Waals surface area (Å²) in [6.45, 7) is 1.83. The van der Waals surface area contributed by atoms with Gasteiger partial charge in [-0.05, 0) is 36.8 Å². The fourth-order valence-corrected chi connectivity index (χ4v) is 2.81. The van der Waals surface area contributed by atoms with Crippen LogP contribution in [0.4, 0.5) is 5.69 Å². The molecule has 3 aromatic rings. The first-order valence-corrected chi connectivity index (χ1v) is 8.83. The van der Waals surface area contributed by atoms with Gasteiger partial charge in [0.05, 0.1) is 23.1 Å². The molecule has 1 aromatic heterocycles. The van der Waals surface area contributed by atoms with Crippen LogP contribution in [0.25, 0.3) is 11.3 Å². The van der Waals surface area contributed by atoms with Gasteiger partial charge in [-0.1, -0.05) is 24.3 Å². The number of para-hydroxylation sites is 1. The second-order valence-corrected chi connectivity index (χ2v) is 6.39. The second kappa shape index (κ2) is 8.82. The number of amides is 1. The van der Waals surface area contributed by atoms with Crippen LogP contribution < -0.4 is 5.43 Å². The number of hydrogen-bond donors (Lipinski definition) is 2. The number of nitrogens with zero attached hydrogens (tertiary/aromatic N) is 2. The van der Waals surface area contributed by atoms with Crippen molar-refractivity contribution >= 4 is 23.8 Å². The molecule has 0 fully saturated rings. The molecular weight excluding hydrogens is 390 g/mol. The number of rotatable bonds is 7. The number of benzene rings is 2. The molecule has 0 aliphatic heterocycles. The summed E-state index contributed by atoms with van der Waals surface area (Å²) in [4.78, 5) is 33.6. The summed E-state index contributed by atoms with van der Waals surface area (Å²) in [5, 5.41) is 24.0. The van der Waals surface area contributed by atoms with E-state index in [1.54, 1.807) is 24.3 Å². The lowest BCUT2D eigenvalue weighted by Crippen LogP contribution is -2.20. The molecule has 0 saturated heterocycles. The van der Waals surface area contributed by atoms with E-state index in [2.05, 4.69) is 10.5 Å². The fraction of sp³-hybridized carbons (Fsp3) is 0.0952. The monoisotopic (exact) mass is 407 g/mol. The molecule has 30 heavy (non-hydrogen) atoms. The molecule has 0 spiro atoms. The molecular formula is C21H17N3O6. The van der Waals surface area contributed by atoms with Crippen molar-refractivity contribution in [2.24, 2.45) is 5.10 Å². The molecule has 0 aliphatic rings. The van der Waals surface area contributed by atoms with E-state index in [0.29, 0.717) is 17.1 Å². The van der Waals surface area contributed by atoms with E-state index in [4.69, 9.17) is 9.52 Å². The van der Waals surface area contributed by atoms with E-state index in [9.17, 15) is 19.7 Å². The number of hydrazone groups is 1. The SMILES string of the molecule is Cc1ccc(C(=O)O)cc1-c1ccc(C=NNC(=O)Cc2ccccc2[N+](=O)[O-])o1. The molecule has 9 heteroatoms. The summed E-state index contributed by atoms with van der Waals surface area (Å²) in [7, 11) is 0. The largest absolute Gasteiger partial charge is 0.478 e. The number of carboxylic acids is 1. The number of carboxylic acid groups (broad SMARTS) is 1. The Bertz CT molecular complexity index is 1150. The van der Waals surface area contributed by atoms with E-state index >= 15 is 0 Å². The van der Waals surface area contributed by atoms with Crippen molar-refractivity contribution in [2.75, 3.05) is 0 Å². The zero-order valence-electron chi connectivity index (χ0n) is 15.9. The summed E-state index contributed by atoms with van der Waals surface area (Å²) in [6, 6.07) is 14.0. The number of aryl methyl sites for hydroxylation is 1. The molecule has 2 aromatic carbocycles. The Hall–Kier alpha value is -4.27. The maximum Gasteiger partial charge on any atom is 0.335 e. The fourth-order valence-electron chi connectivity index (χ4n) is 2.81. The number of aromatic carboxylic acids is 1. The predicted octanol–water partition coefficient (Wildman–Crippen LogP) is 3.55. The molecule has 0 radical (unpaired) electrons. The number of nitrogens with one attached hydrogen (secondary N) is 1. The van der Waals surface area contributed by atoms with Crippen molar-refractivity contribution in [3.63, 3.8) is 0 Å². The molecule has 0 bridgehead atoms. The lowest BCUT2D eigenvalue weighted by molar-refractivity contribution is -0.385. The molecule has 3 rings (SSSR count). The summed E-state index contributed by atoms with van der Waals surface area (Å²) in [5.41, 5.74) is 4.07. The number of carbonyl (C=O) groups excluding carboxylic acids is 1. The van der Waals surface area contributed by atoms with Crippen LogP contribution in [0.1, 0.15) is 27.2 Å². The van der Waals surface area contributed by atoms with E-state index in [1.807, 2.05) is 6.92 Å². The molecule has 2 N–H and O–H groups in total. The van der Waals surface area contributed by atoms with Crippen LogP contribution in [0.5, 0.6) is 0 Å². The number of furan rings is 1. The molecule has 0 atom stereocenters. The van der Waals surface area contributed by atoms with Crippen molar-refractivity contribution in [3.8, 4) is 11.3 Å². The molecule has 0 saturated carbocycles. The van der Waals surface area contributed by atoms with Gasteiger partial charge in [0.25, 0.3) is 5.69 Å². The van der Waals surface area contributed by atoms with Crippen LogP contribution in [0.15, 0.2) is 64.1 Å². The van der Waals surface area contributed by atoms with Gasteiger partial charge in [-0.15, -0.1) is 0 Å². The number of carbonyl (C=O) groups is 2. The molecule has 1 heterocycles. The van der Waals surface area contributed by atoms with Crippen LogP contribution in [-0.4, -0.2) is 28.1 Å². The smallest absolute Gasteiger partial charge is 0.335 e. The number of nitro groups is 1. The van der Waals surface area contributed by atoms with Crippen LogP contribution in [0, 0.1) is 17.0 Å². The van der Waals surface area contributed by atoms with Gasteiger partial charge in [0, 0.05) is 17.2 Å². The zero-order valence-corrected chi connectivity index (χ0v) is 15.9. The van der Waals surface area contributed by atoms with E-state index in [0.717, 1.165) is 5.56 Å². The minimum absolute atomic E-state index is 0.133. The lowest BCUT2D eigenvalue weighted by Gasteiger charge is -2.04. The zero-order chi connectivity index (χ0) is 21.7.